The molecule has 1 unspecified atom stereocenters. The van der Waals surface area contributed by atoms with Gasteiger partial charge in [0.2, 0.25) is 0 Å². The fourth-order valence-corrected chi connectivity index (χ4v) is 2.96. The Morgan fingerprint density at radius 2 is 1.86 bits per heavy atom. The number of unbranched alkanes of at least 4 members (excludes halogenated alkanes) is 1. The van der Waals surface area contributed by atoms with Crippen LogP contribution in [0.3, 0.4) is 0 Å². The lowest BCUT2D eigenvalue weighted by Crippen LogP contribution is -2.32. The number of carbonyl (C=O) groups is 1. The molecule has 0 N–H and O–H groups in total. The zero-order valence-electron chi connectivity index (χ0n) is 14.4. The summed E-state index contributed by atoms with van der Waals surface area (Å²) in [4.78, 5) is 14.4. The van der Waals surface area contributed by atoms with Crippen LogP contribution in [-0.4, -0.2) is 18.4 Å². The van der Waals surface area contributed by atoms with Crippen molar-refractivity contribution in [3.05, 3.63) is 42.0 Å². The first-order valence-electron chi connectivity index (χ1n) is 8.48. The van der Waals surface area contributed by atoms with Crippen molar-refractivity contribution in [2.75, 3.05) is 11.4 Å². The molecule has 1 heterocycles. The van der Waals surface area contributed by atoms with Crippen LogP contribution >= 0.6 is 0 Å². The van der Waals surface area contributed by atoms with E-state index in [0.717, 1.165) is 25.8 Å². The molecule has 2 heteroatoms. The van der Waals surface area contributed by atoms with E-state index in [1.165, 1.54) is 11.3 Å². The maximum atomic E-state index is 12.2. The third kappa shape index (κ3) is 4.00. The monoisotopic (exact) mass is 299 g/mol. The molecule has 1 aliphatic rings. The van der Waals surface area contributed by atoms with Crippen LogP contribution in [0.25, 0.3) is 0 Å². The third-order valence-corrected chi connectivity index (χ3v) is 4.39. The average Bonchev–Trinajstić information content (AvgIpc) is 2.84. The van der Waals surface area contributed by atoms with Crippen molar-refractivity contribution in [1.29, 1.82) is 0 Å². The number of anilines is 1. The first kappa shape index (κ1) is 16.8. The van der Waals surface area contributed by atoms with Crippen molar-refractivity contribution in [1.82, 2.24) is 0 Å². The van der Waals surface area contributed by atoms with E-state index in [9.17, 15) is 4.79 Å². The first-order chi connectivity index (χ1) is 10.4. The number of Topliss-reactive ketones (excluding diaryl/α,β-unsaturated/α-hetero) is 1. The summed E-state index contributed by atoms with van der Waals surface area (Å²) < 4.78 is 0. The predicted molar refractivity (Wildman–Crippen MR) is 94.6 cm³/mol. The lowest BCUT2D eigenvalue weighted by atomic mass is 9.87. The molecule has 1 aromatic rings. The Morgan fingerprint density at radius 1 is 1.18 bits per heavy atom. The van der Waals surface area contributed by atoms with Gasteiger partial charge in [0, 0.05) is 18.7 Å². The van der Waals surface area contributed by atoms with Gasteiger partial charge in [-0.15, -0.1) is 0 Å². The minimum Gasteiger partial charge on any atom is -0.361 e. The van der Waals surface area contributed by atoms with Gasteiger partial charge in [0.25, 0.3) is 0 Å². The van der Waals surface area contributed by atoms with Gasteiger partial charge in [0.1, 0.15) is 0 Å². The molecule has 1 fully saturated rings. The highest BCUT2D eigenvalue weighted by Gasteiger charge is 2.31. The van der Waals surface area contributed by atoms with Crippen LogP contribution in [-0.2, 0) is 10.2 Å². The van der Waals surface area contributed by atoms with Gasteiger partial charge in [-0.25, -0.2) is 0 Å². The van der Waals surface area contributed by atoms with Crippen molar-refractivity contribution in [2.24, 2.45) is 0 Å². The standard InChI is InChI=1S/C20H29NO/c1-5-6-7-8-9-18-19(22)14-15-21(18)17-12-10-16(11-13-17)20(2,3)4/h7-8,10-13,18H,5-6,9,14-15H2,1-4H3/b8-7-. The fraction of sp³-hybridized carbons (Fsp3) is 0.550. The normalized spacial score (nSPS) is 19.4. The van der Waals surface area contributed by atoms with Crippen LogP contribution < -0.4 is 4.90 Å². The molecule has 0 amide bonds. The lowest BCUT2D eigenvalue weighted by molar-refractivity contribution is -0.118. The molecule has 0 aromatic heterocycles. The van der Waals surface area contributed by atoms with Gasteiger partial charge in [0.15, 0.2) is 5.78 Å². The first-order valence-corrected chi connectivity index (χ1v) is 8.48. The number of ketones is 1. The largest absolute Gasteiger partial charge is 0.361 e. The van der Waals surface area contributed by atoms with Crippen LogP contribution in [0.1, 0.15) is 58.9 Å². The number of nitrogens with zero attached hydrogens (tertiary/aromatic N) is 1. The summed E-state index contributed by atoms with van der Waals surface area (Å²) in [5.74, 6) is 0.376. The van der Waals surface area contributed by atoms with Crippen LogP contribution in [0.5, 0.6) is 0 Å². The summed E-state index contributed by atoms with van der Waals surface area (Å²) in [6, 6.07) is 8.75. The Labute approximate surface area is 135 Å². The van der Waals surface area contributed by atoms with Gasteiger partial charge in [-0.05, 0) is 36.0 Å². The lowest BCUT2D eigenvalue weighted by Gasteiger charge is -2.26. The Kier molecular flexibility index (Phi) is 5.44. The molecular weight excluding hydrogens is 270 g/mol. The van der Waals surface area contributed by atoms with E-state index < -0.39 is 0 Å². The van der Waals surface area contributed by atoms with Gasteiger partial charge in [-0.3, -0.25) is 4.79 Å². The van der Waals surface area contributed by atoms with E-state index in [1.807, 2.05) is 0 Å². The highest BCUT2D eigenvalue weighted by atomic mass is 16.1. The highest BCUT2D eigenvalue weighted by molar-refractivity contribution is 5.91. The van der Waals surface area contributed by atoms with Crippen molar-refractivity contribution in [2.45, 2.75) is 64.8 Å². The molecule has 2 nitrogen and oxygen atoms in total. The second kappa shape index (κ2) is 7.13. The van der Waals surface area contributed by atoms with Gasteiger partial charge < -0.3 is 4.90 Å². The van der Waals surface area contributed by atoms with Crippen LogP contribution in [0, 0.1) is 0 Å². The summed E-state index contributed by atoms with van der Waals surface area (Å²) in [5.41, 5.74) is 2.68. The van der Waals surface area contributed by atoms with Crippen LogP contribution in [0.2, 0.25) is 0 Å². The smallest absolute Gasteiger partial charge is 0.157 e. The van der Waals surface area contributed by atoms with Crippen LogP contribution in [0.4, 0.5) is 5.69 Å². The zero-order chi connectivity index (χ0) is 16.2. The van der Waals surface area contributed by atoms with E-state index in [2.05, 4.69) is 69.0 Å². The quantitative estimate of drug-likeness (QED) is 0.722. The summed E-state index contributed by atoms with van der Waals surface area (Å²) >= 11 is 0. The molecule has 120 valence electrons. The molecular formula is C20H29NO. The van der Waals surface area contributed by atoms with Gasteiger partial charge in [0.05, 0.1) is 6.04 Å². The molecule has 0 saturated carbocycles. The molecule has 0 spiro atoms. The molecule has 2 rings (SSSR count). The Hall–Kier alpha value is -1.57. The van der Waals surface area contributed by atoms with E-state index in [1.54, 1.807) is 0 Å². The molecule has 22 heavy (non-hydrogen) atoms. The third-order valence-electron chi connectivity index (χ3n) is 4.39. The van der Waals surface area contributed by atoms with Crippen molar-refractivity contribution in [3.63, 3.8) is 0 Å². The fourth-order valence-electron chi connectivity index (χ4n) is 2.96. The molecule has 1 saturated heterocycles. The van der Waals surface area contributed by atoms with Gasteiger partial charge >= 0.3 is 0 Å². The average molecular weight is 299 g/mol. The van der Waals surface area contributed by atoms with Crippen molar-refractivity contribution >= 4 is 11.5 Å². The molecule has 0 bridgehead atoms. The Morgan fingerprint density at radius 3 is 2.45 bits per heavy atom. The van der Waals surface area contributed by atoms with E-state index in [0.29, 0.717) is 12.2 Å². The minimum absolute atomic E-state index is 0.0218. The van der Waals surface area contributed by atoms with Crippen LogP contribution in [0.15, 0.2) is 36.4 Å². The Balaban J connectivity index is 2.10. The second-order valence-electron chi connectivity index (χ2n) is 7.22. The summed E-state index contributed by atoms with van der Waals surface area (Å²) in [6.45, 7) is 9.70. The van der Waals surface area contributed by atoms with E-state index in [4.69, 9.17) is 0 Å². The predicted octanol–water partition coefficient (Wildman–Crippen LogP) is 4.88. The highest BCUT2D eigenvalue weighted by Crippen LogP contribution is 2.29. The summed E-state index contributed by atoms with van der Waals surface area (Å²) in [6.07, 6.45) is 8.14. The van der Waals surface area contributed by atoms with E-state index >= 15 is 0 Å². The second-order valence-corrected chi connectivity index (χ2v) is 7.22. The number of hydrogen-bond acceptors (Lipinski definition) is 2. The van der Waals surface area contributed by atoms with Gasteiger partial charge in [-0.2, -0.15) is 0 Å². The molecule has 0 aliphatic carbocycles. The number of rotatable bonds is 5. The summed E-state index contributed by atoms with van der Waals surface area (Å²) in [7, 11) is 0. The molecule has 0 radical (unpaired) electrons. The van der Waals surface area contributed by atoms with Crippen molar-refractivity contribution < 1.29 is 4.79 Å². The summed E-state index contributed by atoms with van der Waals surface area (Å²) in [5, 5.41) is 0. The maximum Gasteiger partial charge on any atom is 0.157 e. The van der Waals surface area contributed by atoms with Gasteiger partial charge in [-0.1, -0.05) is 58.4 Å². The minimum atomic E-state index is 0.0218. The number of allylic oxidation sites excluding steroid dienone is 1. The Bertz CT molecular complexity index is 522. The number of hydrogen-bond donors (Lipinski definition) is 0. The van der Waals surface area contributed by atoms with E-state index in [-0.39, 0.29) is 11.5 Å². The zero-order valence-corrected chi connectivity index (χ0v) is 14.4. The maximum absolute atomic E-state index is 12.2. The molecule has 1 aliphatic heterocycles. The topological polar surface area (TPSA) is 20.3 Å². The molecule has 1 atom stereocenters. The SMILES string of the molecule is CCC/C=C\CC1C(=O)CCN1c1ccc(C(C)(C)C)cc1. The molecule has 1 aromatic carbocycles. The number of carbonyl (C=O) groups excluding carboxylic acids is 1. The van der Waals surface area contributed by atoms with Crippen molar-refractivity contribution in [3.8, 4) is 0 Å². The number of benzene rings is 1.